The van der Waals surface area contributed by atoms with Crippen LogP contribution in [-0.2, 0) is 9.53 Å². The van der Waals surface area contributed by atoms with Gasteiger partial charge in [-0.2, -0.15) is 13.2 Å². The highest BCUT2D eigenvalue weighted by molar-refractivity contribution is 5.73. The largest absolute Gasteiger partial charge is 0.490 e. The molecule has 1 aliphatic heterocycles. The molecule has 0 amide bonds. The molecule has 7 heteroatoms. The van der Waals surface area contributed by atoms with E-state index in [9.17, 15) is 13.2 Å². The van der Waals surface area contributed by atoms with Crippen LogP contribution in [0.15, 0.2) is 0 Å². The predicted molar refractivity (Wildman–Crippen MR) is 44.5 cm³/mol. The molecule has 2 fully saturated rings. The molecule has 0 aromatic heterocycles. The highest BCUT2D eigenvalue weighted by Crippen LogP contribution is 2.25. The average Bonchev–Trinajstić information content (AvgIpc) is 2.79. The fraction of sp³-hybridized carbons (Fsp3) is 0.875. The van der Waals surface area contributed by atoms with Crippen LogP contribution in [0.3, 0.4) is 0 Å². The van der Waals surface area contributed by atoms with E-state index in [1.54, 1.807) is 0 Å². The number of carbonyl (C=O) groups is 1. The molecule has 0 radical (unpaired) electrons. The van der Waals surface area contributed by atoms with Crippen LogP contribution in [-0.4, -0.2) is 42.5 Å². The Morgan fingerprint density at radius 2 is 1.73 bits per heavy atom. The molecule has 4 nitrogen and oxygen atoms in total. The number of halogens is 3. The highest BCUT2D eigenvalue weighted by Gasteiger charge is 2.38. The summed E-state index contributed by atoms with van der Waals surface area (Å²) in [6.07, 6.45) is -1.28. The number of aliphatic carboxylic acids is 1. The number of carboxylic acids is 1. The molecular weight excluding hydrogens is 215 g/mol. The summed E-state index contributed by atoms with van der Waals surface area (Å²) in [5.74, 6) is -2.76. The van der Waals surface area contributed by atoms with Crippen molar-refractivity contribution in [3.63, 3.8) is 0 Å². The number of rotatable bonds is 2. The number of carboxylic acid groups (broad SMARTS) is 1. The summed E-state index contributed by atoms with van der Waals surface area (Å²) in [5.41, 5.74) is 0. The van der Waals surface area contributed by atoms with Crippen LogP contribution in [0, 0.1) is 0 Å². The van der Waals surface area contributed by atoms with Crippen LogP contribution >= 0.6 is 0 Å². The predicted octanol–water partition coefficient (Wildman–Crippen LogP) is 0.770. The first-order chi connectivity index (χ1) is 6.89. The summed E-state index contributed by atoms with van der Waals surface area (Å²) in [6.45, 7) is 2.16. The number of ether oxygens (including phenoxy) is 1. The maximum absolute atomic E-state index is 10.6. The number of alkyl halides is 3. The van der Waals surface area contributed by atoms with Crippen molar-refractivity contribution in [1.82, 2.24) is 5.32 Å². The zero-order chi connectivity index (χ0) is 11.5. The fourth-order valence-corrected chi connectivity index (χ4v) is 0.835. The first-order valence-corrected chi connectivity index (χ1v) is 4.56. The Hall–Kier alpha value is -0.820. The second kappa shape index (κ2) is 4.80. The van der Waals surface area contributed by atoms with Crippen LogP contribution in [0.4, 0.5) is 13.2 Å². The molecule has 0 bridgehead atoms. The quantitative estimate of drug-likeness (QED) is 0.731. The molecule has 2 aliphatic rings. The SMILES string of the molecule is C1CC1OC1CNC1.O=C(O)C(F)(F)F. The van der Waals surface area contributed by atoms with Gasteiger partial charge in [0.05, 0.1) is 12.2 Å². The Morgan fingerprint density at radius 3 is 1.93 bits per heavy atom. The number of hydrogen-bond acceptors (Lipinski definition) is 3. The van der Waals surface area contributed by atoms with E-state index in [1.165, 1.54) is 12.8 Å². The van der Waals surface area contributed by atoms with E-state index in [1.807, 2.05) is 0 Å². The van der Waals surface area contributed by atoms with Gasteiger partial charge in [-0.25, -0.2) is 4.79 Å². The van der Waals surface area contributed by atoms with Crippen LogP contribution in [0.2, 0.25) is 0 Å². The van der Waals surface area contributed by atoms with Gasteiger partial charge in [0.1, 0.15) is 0 Å². The molecular formula is C8H12F3NO3. The van der Waals surface area contributed by atoms with Crippen molar-refractivity contribution in [2.24, 2.45) is 0 Å². The summed E-state index contributed by atoms with van der Waals surface area (Å²) in [4.78, 5) is 8.90. The lowest BCUT2D eigenvalue weighted by Gasteiger charge is -2.26. The van der Waals surface area contributed by atoms with Crippen LogP contribution in [0.25, 0.3) is 0 Å². The lowest BCUT2D eigenvalue weighted by atomic mass is 10.2. The molecule has 88 valence electrons. The summed E-state index contributed by atoms with van der Waals surface area (Å²) < 4.78 is 37.3. The van der Waals surface area contributed by atoms with Crippen LogP contribution in [0.5, 0.6) is 0 Å². The Balaban J connectivity index is 0.000000153. The molecule has 1 aliphatic carbocycles. The van der Waals surface area contributed by atoms with E-state index in [2.05, 4.69) is 5.32 Å². The van der Waals surface area contributed by atoms with Crippen molar-refractivity contribution < 1.29 is 27.8 Å². The molecule has 2 N–H and O–H groups in total. The highest BCUT2D eigenvalue weighted by atomic mass is 19.4. The standard InChI is InChI=1S/C6H11NO.C2HF3O2/c1-2-5(1)8-6-3-7-4-6;3-2(4,5)1(6)7/h5-7H,1-4H2;(H,6,7). The first-order valence-electron chi connectivity index (χ1n) is 4.56. The molecule has 1 saturated carbocycles. The van der Waals surface area contributed by atoms with Gasteiger partial charge in [0.2, 0.25) is 0 Å². The van der Waals surface area contributed by atoms with Crippen molar-refractivity contribution in [3.05, 3.63) is 0 Å². The van der Waals surface area contributed by atoms with E-state index < -0.39 is 12.1 Å². The summed E-state index contributed by atoms with van der Waals surface area (Å²) in [5, 5.41) is 10.3. The maximum atomic E-state index is 10.6. The van der Waals surface area contributed by atoms with Crippen molar-refractivity contribution >= 4 is 5.97 Å². The van der Waals surface area contributed by atoms with Gasteiger partial charge >= 0.3 is 12.1 Å². The first kappa shape index (κ1) is 12.3. The zero-order valence-corrected chi connectivity index (χ0v) is 7.88. The van der Waals surface area contributed by atoms with E-state index in [-0.39, 0.29) is 0 Å². The van der Waals surface area contributed by atoms with Gasteiger partial charge in [-0.3, -0.25) is 0 Å². The fourth-order valence-electron chi connectivity index (χ4n) is 0.835. The topological polar surface area (TPSA) is 58.6 Å². The normalized spacial score (nSPS) is 21.3. The van der Waals surface area contributed by atoms with Gasteiger partial charge < -0.3 is 15.2 Å². The third-order valence-electron chi connectivity index (χ3n) is 1.90. The lowest BCUT2D eigenvalue weighted by Crippen LogP contribution is -2.48. The third kappa shape index (κ3) is 4.98. The minimum absolute atomic E-state index is 0.558. The monoisotopic (exact) mass is 227 g/mol. The van der Waals surface area contributed by atoms with Gasteiger partial charge in [0.25, 0.3) is 0 Å². The Morgan fingerprint density at radius 1 is 1.27 bits per heavy atom. The van der Waals surface area contributed by atoms with E-state index in [0.29, 0.717) is 12.2 Å². The average molecular weight is 227 g/mol. The Labute approximate surface area is 84.4 Å². The van der Waals surface area contributed by atoms with Gasteiger partial charge in [-0.15, -0.1) is 0 Å². The van der Waals surface area contributed by atoms with E-state index in [4.69, 9.17) is 14.6 Å². The van der Waals surface area contributed by atoms with Gasteiger partial charge in [0, 0.05) is 13.1 Å². The van der Waals surface area contributed by atoms with E-state index >= 15 is 0 Å². The smallest absolute Gasteiger partial charge is 0.475 e. The van der Waals surface area contributed by atoms with Crippen LogP contribution in [0.1, 0.15) is 12.8 Å². The minimum atomic E-state index is -5.08. The molecule has 1 saturated heterocycles. The lowest BCUT2D eigenvalue weighted by molar-refractivity contribution is -0.192. The Kier molecular flexibility index (Phi) is 3.92. The summed E-state index contributed by atoms with van der Waals surface area (Å²) >= 11 is 0. The van der Waals surface area contributed by atoms with Crippen molar-refractivity contribution in [2.75, 3.05) is 13.1 Å². The zero-order valence-electron chi connectivity index (χ0n) is 7.88. The van der Waals surface area contributed by atoms with Gasteiger partial charge in [-0.1, -0.05) is 0 Å². The molecule has 1 heterocycles. The second-order valence-electron chi connectivity index (χ2n) is 3.42. The summed E-state index contributed by atoms with van der Waals surface area (Å²) in [6, 6.07) is 0. The molecule has 0 aromatic rings. The maximum Gasteiger partial charge on any atom is 0.490 e. The molecule has 0 spiro atoms. The molecule has 0 unspecified atom stereocenters. The van der Waals surface area contributed by atoms with Gasteiger partial charge in [-0.05, 0) is 12.8 Å². The minimum Gasteiger partial charge on any atom is -0.475 e. The Bertz CT molecular complexity index is 224. The van der Waals surface area contributed by atoms with Crippen molar-refractivity contribution in [2.45, 2.75) is 31.2 Å². The second-order valence-corrected chi connectivity index (χ2v) is 3.42. The van der Waals surface area contributed by atoms with Gasteiger partial charge in [0.15, 0.2) is 0 Å². The number of hydrogen-bond donors (Lipinski definition) is 2. The van der Waals surface area contributed by atoms with Crippen molar-refractivity contribution in [1.29, 1.82) is 0 Å². The molecule has 0 aromatic carbocycles. The van der Waals surface area contributed by atoms with E-state index in [0.717, 1.165) is 13.1 Å². The van der Waals surface area contributed by atoms with Crippen molar-refractivity contribution in [3.8, 4) is 0 Å². The summed E-state index contributed by atoms with van der Waals surface area (Å²) in [7, 11) is 0. The molecule has 0 atom stereocenters. The third-order valence-corrected chi connectivity index (χ3v) is 1.90. The number of nitrogens with one attached hydrogen (secondary N) is 1. The molecule has 2 rings (SSSR count). The molecule has 15 heavy (non-hydrogen) atoms. The van der Waals surface area contributed by atoms with Crippen LogP contribution < -0.4 is 5.32 Å².